The van der Waals surface area contributed by atoms with Crippen molar-refractivity contribution in [2.75, 3.05) is 13.2 Å². The molecule has 3 aliphatic rings. The number of ether oxygens (including phenoxy) is 2. The van der Waals surface area contributed by atoms with Crippen molar-refractivity contribution in [3.8, 4) is 11.5 Å². The van der Waals surface area contributed by atoms with Gasteiger partial charge in [0, 0.05) is 25.1 Å². The van der Waals surface area contributed by atoms with E-state index in [0.717, 1.165) is 11.1 Å². The van der Waals surface area contributed by atoms with Gasteiger partial charge in [0.2, 0.25) is 0 Å². The lowest BCUT2D eigenvalue weighted by Gasteiger charge is -2.35. The van der Waals surface area contributed by atoms with Crippen LogP contribution in [0.3, 0.4) is 0 Å². The van der Waals surface area contributed by atoms with Crippen molar-refractivity contribution in [2.45, 2.75) is 37.0 Å². The number of rotatable bonds is 2. The number of hydrogen-bond donors (Lipinski definition) is 2. The first-order valence-electron chi connectivity index (χ1n) is 8.47. The van der Waals surface area contributed by atoms with Crippen molar-refractivity contribution in [3.63, 3.8) is 0 Å². The van der Waals surface area contributed by atoms with Gasteiger partial charge in [-0.3, -0.25) is 0 Å². The van der Waals surface area contributed by atoms with Crippen molar-refractivity contribution < 1.29 is 24.5 Å². The summed E-state index contributed by atoms with van der Waals surface area (Å²) in [5.41, 5.74) is 1.43. The monoisotopic (exact) mass is 343 g/mol. The van der Waals surface area contributed by atoms with Crippen LogP contribution in [-0.4, -0.2) is 46.6 Å². The van der Waals surface area contributed by atoms with E-state index in [-0.39, 0.29) is 24.6 Å². The lowest BCUT2D eigenvalue weighted by atomic mass is 9.69. The molecular weight excluding hydrogens is 322 g/mol. The lowest BCUT2D eigenvalue weighted by molar-refractivity contribution is 0.0767. The van der Waals surface area contributed by atoms with Gasteiger partial charge in [-0.1, -0.05) is 30.9 Å². The summed E-state index contributed by atoms with van der Waals surface area (Å²) in [4.78, 5) is 14.0. The van der Waals surface area contributed by atoms with Crippen LogP contribution in [0, 0.1) is 0 Å². The van der Waals surface area contributed by atoms with E-state index in [1.165, 1.54) is 0 Å². The van der Waals surface area contributed by atoms with E-state index in [1.54, 1.807) is 23.1 Å². The van der Waals surface area contributed by atoms with Gasteiger partial charge in [0.1, 0.15) is 12.7 Å². The number of phenols is 1. The van der Waals surface area contributed by atoms with Crippen LogP contribution >= 0.6 is 0 Å². The molecule has 6 nitrogen and oxygen atoms in total. The number of aliphatic hydroxyl groups excluding tert-OH is 1. The van der Waals surface area contributed by atoms with Crippen molar-refractivity contribution in [2.24, 2.45) is 0 Å². The van der Waals surface area contributed by atoms with Gasteiger partial charge < -0.3 is 24.6 Å². The minimum absolute atomic E-state index is 0.0955. The highest BCUT2D eigenvalue weighted by Gasteiger charge is 2.53. The summed E-state index contributed by atoms with van der Waals surface area (Å²) >= 11 is 0. The molecule has 1 aromatic rings. The molecule has 0 bridgehead atoms. The Bertz CT molecular complexity index is 758. The largest absolute Gasteiger partial charge is 0.504 e. The summed E-state index contributed by atoms with van der Waals surface area (Å²) < 4.78 is 11.2. The van der Waals surface area contributed by atoms with Gasteiger partial charge in [-0.2, -0.15) is 0 Å². The molecule has 0 radical (unpaired) electrons. The highest BCUT2D eigenvalue weighted by Crippen LogP contribution is 2.55. The van der Waals surface area contributed by atoms with Gasteiger partial charge in [0.15, 0.2) is 11.5 Å². The minimum Gasteiger partial charge on any atom is -0.504 e. The molecule has 0 saturated carbocycles. The standard InChI is InChI=1S/C19H21NO5/c1-2-9-24-18(23)20-8-7-19-6-5-13(21)10-15(19)25-17-14(22)4-3-12(11-20)16(17)19/h2-6,13,15,21-22H,1,7-11H2/t13-,15-,19-/m0/s1. The number of nitrogens with zero attached hydrogens (tertiary/aromatic N) is 1. The second-order valence-electron chi connectivity index (χ2n) is 6.79. The highest BCUT2D eigenvalue weighted by atomic mass is 16.6. The van der Waals surface area contributed by atoms with Crippen molar-refractivity contribution >= 4 is 6.09 Å². The van der Waals surface area contributed by atoms with Crippen LogP contribution in [0.1, 0.15) is 24.0 Å². The normalized spacial score (nSPS) is 29.2. The van der Waals surface area contributed by atoms with E-state index >= 15 is 0 Å². The number of aromatic hydroxyl groups is 1. The van der Waals surface area contributed by atoms with Gasteiger partial charge in [-0.15, -0.1) is 0 Å². The first-order valence-corrected chi connectivity index (χ1v) is 8.47. The smallest absolute Gasteiger partial charge is 0.410 e. The zero-order chi connectivity index (χ0) is 17.6. The number of carbonyl (C=O) groups is 1. The van der Waals surface area contributed by atoms with Gasteiger partial charge in [-0.05, 0) is 18.1 Å². The predicted molar refractivity (Wildman–Crippen MR) is 90.5 cm³/mol. The van der Waals surface area contributed by atoms with E-state index in [9.17, 15) is 15.0 Å². The number of amides is 1. The second-order valence-corrected chi connectivity index (χ2v) is 6.79. The molecule has 6 heteroatoms. The summed E-state index contributed by atoms with van der Waals surface area (Å²) in [5, 5.41) is 20.2. The topological polar surface area (TPSA) is 79.2 Å². The quantitative estimate of drug-likeness (QED) is 0.805. The first kappa shape index (κ1) is 16.0. The molecule has 132 valence electrons. The fraction of sp³-hybridized carbons (Fsp3) is 0.421. The van der Waals surface area contributed by atoms with Gasteiger partial charge in [0.25, 0.3) is 0 Å². The van der Waals surface area contributed by atoms with Crippen LogP contribution in [0.5, 0.6) is 11.5 Å². The molecule has 0 fully saturated rings. The van der Waals surface area contributed by atoms with Crippen molar-refractivity contribution in [3.05, 3.63) is 48.1 Å². The maximum absolute atomic E-state index is 12.3. The number of aliphatic hydroxyl groups is 1. The van der Waals surface area contributed by atoms with Crippen LogP contribution in [0.2, 0.25) is 0 Å². The SMILES string of the molecule is C=CCOC(=O)N1CC[C@@]23C=C[C@H](O)C[C@@H]2Oc2c(O)ccc(c23)C1. The van der Waals surface area contributed by atoms with Crippen LogP contribution in [0.25, 0.3) is 0 Å². The fourth-order valence-corrected chi connectivity index (χ4v) is 4.16. The van der Waals surface area contributed by atoms with E-state index < -0.39 is 11.5 Å². The molecule has 1 aliphatic carbocycles. The Hall–Kier alpha value is -2.47. The van der Waals surface area contributed by atoms with Crippen molar-refractivity contribution in [1.82, 2.24) is 4.90 Å². The summed E-state index contributed by atoms with van der Waals surface area (Å²) in [6, 6.07) is 3.43. The number of hydrogen-bond acceptors (Lipinski definition) is 5. The van der Waals surface area contributed by atoms with E-state index in [4.69, 9.17) is 9.47 Å². The average molecular weight is 343 g/mol. The maximum Gasteiger partial charge on any atom is 0.410 e. The van der Waals surface area contributed by atoms with Crippen molar-refractivity contribution in [1.29, 1.82) is 0 Å². The highest BCUT2D eigenvalue weighted by molar-refractivity contribution is 5.69. The Morgan fingerprint density at radius 1 is 1.52 bits per heavy atom. The van der Waals surface area contributed by atoms with Crippen LogP contribution in [-0.2, 0) is 16.7 Å². The zero-order valence-corrected chi connectivity index (χ0v) is 13.9. The van der Waals surface area contributed by atoms with Crippen LogP contribution in [0.15, 0.2) is 36.9 Å². The van der Waals surface area contributed by atoms with Crippen LogP contribution in [0.4, 0.5) is 4.79 Å². The fourth-order valence-electron chi connectivity index (χ4n) is 4.16. The molecule has 2 aliphatic heterocycles. The molecule has 0 saturated heterocycles. The van der Waals surface area contributed by atoms with E-state index in [2.05, 4.69) is 6.58 Å². The lowest BCUT2D eigenvalue weighted by Crippen LogP contribution is -2.43. The summed E-state index contributed by atoms with van der Waals surface area (Å²) in [7, 11) is 0. The Morgan fingerprint density at radius 2 is 2.36 bits per heavy atom. The molecule has 1 aromatic carbocycles. The summed E-state index contributed by atoms with van der Waals surface area (Å²) in [6.45, 7) is 4.64. The Balaban J connectivity index is 1.76. The predicted octanol–water partition coefficient (Wildman–Crippen LogP) is 2.24. The van der Waals surface area contributed by atoms with Crippen LogP contribution < -0.4 is 4.74 Å². The Labute approximate surface area is 146 Å². The average Bonchev–Trinajstić information content (AvgIpc) is 2.84. The Kier molecular flexibility index (Phi) is 3.72. The Morgan fingerprint density at radius 3 is 3.16 bits per heavy atom. The maximum atomic E-state index is 12.3. The number of carbonyl (C=O) groups excluding carboxylic acids is 1. The third-order valence-corrected chi connectivity index (χ3v) is 5.33. The third kappa shape index (κ3) is 2.40. The molecule has 4 rings (SSSR count). The first-order chi connectivity index (χ1) is 12.0. The molecule has 25 heavy (non-hydrogen) atoms. The minimum atomic E-state index is -0.563. The third-order valence-electron chi connectivity index (χ3n) is 5.33. The van der Waals surface area contributed by atoms with Gasteiger partial charge >= 0.3 is 6.09 Å². The molecule has 2 N–H and O–H groups in total. The molecule has 0 unspecified atom stereocenters. The molecule has 3 atom stereocenters. The second kappa shape index (κ2) is 5.81. The summed E-state index contributed by atoms with van der Waals surface area (Å²) in [5.74, 6) is 0.570. The molecule has 1 amide bonds. The zero-order valence-electron chi connectivity index (χ0n) is 13.9. The number of phenolic OH excluding ortho intramolecular Hbond substituents is 1. The van der Waals surface area contributed by atoms with Gasteiger partial charge in [-0.25, -0.2) is 4.79 Å². The van der Waals surface area contributed by atoms with E-state index in [0.29, 0.717) is 31.7 Å². The molecule has 0 aromatic heterocycles. The molecular formula is C19H21NO5. The van der Waals surface area contributed by atoms with Gasteiger partial charge in [0.05, 0.1) is 11.5 Å². The molecule has 2 heterocycles. The summed E-state index contributed by atoms with van der Waals surface area (Å²) in [6.07, 6.45) is 5.23. The molecule has 1 spiro atoms. The number of benzene rings is 1. The van der Waals surface area contributed by atoms with E-state index in [1.807, 2.05) is 12.1 Å².